The van der Waals surface area contributed by atoms with E-state index in [0.717, 1.165) is 36.5 Å². The zero-order chi connectivity index (χ0) is 14.0. The summed E-state index contributed by atoms with van der Waals surface area (Å²) in [6, 6.07) is 6.04. The number of fused-ring (bicyclic) bond motifs is 1. The maximum atomic E-state index is 6.25. The summed E-state index contributed by atoms with van der Waals surface area (Å²) < 4.78 is 11.9. The monoisotopic (exact) mass is 263 g/mol. The number of rotatable bonds is 4. The molecule has 1 aliphatic heterocycles. The van der Waals surface area contributed by atoms with E-state index in [4.69, 9.17) is 15.2 Å². The first kappa shape index (κ1) is 14.2. The van der Waals surface area contributed by atoms with Crippen molar-refractivity contribution in [1.29, 1.82) is 0 Å². The van der Waals surface area contributed by atoms with Crippen molar-refractivity contribution in [1.82, 2.24) is 0 Å². The fourth-order valence-corrected chi connectivity index (χ4v) is 2.36. The van der Waals surface area contributed by atoms with Crippen LogP contribution in [0.1, 0.15) is 52.1 Å². The molecule has 0 fully saturated rings. The normalized spacial score (nSPS) is 25.9. The molecule has 19 heavy (non-hydrogen) atoms. The maximum absolute atomic E-state index is 6.25. The molecule has 3 nitrogen and oxygen atoms in total. The molecule has 0 saturated heterocycles. The van der Waals surface area contributed by atoms with Crippen molar-refractivity contribution >= 4 is 0 Å². The number of hydrogen-bond donors (Lipinski definition) is 1. The SMILES string of the molecule is CCC1(C)CC(N)c2ccc(OCC(C)C)cc2O1. The van der Waals surface area contributed by atoms with Gasteiger partial charge in [-0.2, -0.15) is 0 Å². The summed E-state index contributed by atoms with van der Waals surface area (Å²) in [7, 11) is 0. The van der Waals surface area contributed by atoms with Gasteiger partial charge in [0.05, 0.1) is 6.61 Å². The van der Waals surface area contributed by atoms with Crippen molar-refractivity contribution in [3.63, 3.8) is 0 Å². The van der Waals surface area contributed by atoms with Crippen LogP contribution in [0.15, 0.2) is 18.2 Å². The second-order valence-electron chi connectivity index (χ2n) is 6.12. The molecule has 3 heteroatoms. The average molecular weight is 263 g/mol. The van der Waals surface area contributed by atoms with Crippen LogP contribution in [0, 0.1) is 5.92 Å². The first-order chi connectivity index (χ1) is 8.93. The molecular formula is C16H25NO2. The number of nitrogens with two attached hydrogens (primary N) is 1. The average Bonchev–Trinajstić information content (AvgIpc) is 2.35. The Morgan fingerprint density at radius 1 is 1.47 bits per heavy atom. The molecule has 1 aromatic rings. The minimum atomic E-state index is -0.164. The first-order valence-electron chi connectivity index (χ1n) is 7.15. The lowest BCUT2D eigenvalue weighted by Crippen LogP contribution is -2.39. The number of hydrogen-bond acceptors (Lipinski definition) is 3. The molecule has 2 atom stereocenters. The van der Waals surface area contributed by atoms with Gasteiger partial charge in [0.15, 0.2) is 0 Å². The van der Waals surface area contributed by atoms with Crippen LogP contribution in [0.4, 0.5) is 0 Å². The van der Waals surface area contributed by atoms with Crippen molar-refractivity contribution < 1.29 is 9.47 Å². The molecule has 0 aliphatic carbocycles. The largest absolute Gasteiger partial charge is 0.493 e. The predicted molar refractivity (Wildman–Crippen MR) is 77.6 cm³/mol. The van der Waals surface area contributed by atoms with Gasteiger partial charge >= 0.3 is 0 Å². The standard InChI is InChI=1S/C16H25NO2/c1-5-16(4)9-14(17)13-7-6-12(8-15(13)19-16)18-10-11(2)3/h6-8,11,14H,5,9-10,17H2,1-4H3. The van der Waals surface area contributed by atoms with Gasteiger partial charge in [-0.05, 0) is 25.3 Å². The van der Waals surface area contributed by atoms with E-state index in [-0.39, 0.29) is 11.6 Å². The lowest BCUT2D eigenvalue weighted by atomic mass is 9.87. The number of benzene rings is 1. The van der Waals surface area contributed by atoms with Crippen LogP contribution in [-0.2, 0) is 0 Å². The molecule has 0 bridgehead atoms. The van der Waals surface area contributed by atoms with Crippen molar-refractivity contribution in [3.05, 3.63) is 23.8 Å². The fraction of sp³-hybridized carbons (Fsp3) is 0.625. The van der Waals surface area contributed by atoms with Gasteiger partial charge in [0.2, 0.25) is 0 Å². The zero-order valence-electron chi connectivity index (χ0n) is 12.4. The van der Waals surface area contributed by atoms with Crippen LogP contribution in [0.5, 0.6) is 11.5 Å². The molecule has 1 aromatic carbocycles. The van der Waals surface area contributed by atoms with Crippen LogP contribution >= 0.6 is 0 Å². The molecule has 0 aromatic heterocycles. The summed E-state index contributed by atoms with van der Waals surface area (Å²) in [4.78, 5) is 0. The minimum absolute atomic E-state index is 0.0489. The van der Waals surface area contributed by atoms with Crippen LogP contribution in [-0.4, -0.2) is 12.2 Å². The maximum Gasteiger partial charge on any atom is 0.128 e. The Balaban J connectivity index is 2.21. The van der Waals surface area contributed by atoms with E-state index in [2.05, 4.69) is 27.7 Å². The fourth-order valence-electron chi connectivity index (χ4n) is 2.36. The molecule has 2 unspecified atom stereocenters. The third-order valence-electron chi connectivity index (χ3n) is 3.72. The van der Waals surface area contributed by atoms with E-state index < -0.39 is 0 Å². The van der Waals surface area contributed by atoms with E-state index in [9.17, 15) is 0 Å². The predicted octanol–water partition coefficient (Wildman–Crippen LogP) is 3.67. The van der Waals surface area contributed by atoms with E-state index in [1.165, 1.54) is 0 Å². The zero-order valence-corrected chi connectivity index (χ0v) is 12.4. The minimum Gasteiger partial charge on any atom is -0.493 e. The Hall–Kier alpha value is -1.22. The Labute approximate surface area is 116 Å². The van der Waals surface area contributed by atoms with Crippen LogP contribution in [0.2, 0.25) is 0 Å². The molecule has 2 N–H and O–H groups in total. The smallest absolute Gasteiger partial charge is 0.128 e. The topological polar surface area (TPSA) is 44.5 Å². The third-order valence-corrected chi connectivity index (χ3v) is 3.72. The molecular weight excluding hydrogens is 238 g/mol. The van der Waals surface area contributed by atoms with Crippen LogP contribution in [0.3, 0.4) is 0 Å². The molecule has 0 saturated carbocycles. The van der Waals surface area contributed by atoms with Gasteiger partial charge in [-0.15, -0.1) is 0 Å². The third kappa shape index (κ3) is 3.21. The second-order valence-corrected chi connectivity index (χ2v) is 6.12. The summed E-state index contributed by atoms with van der Waals surface area (Å²) in [6.45, 7) is 9.25. The first-order valence-corrected chi connectivity index (χ1v) is 7.15. The highest BCUT2D eigenvalue weighted by Gasteiger charge is 2.34. The quantitative estimate of drug-likeness (QED) is 0.901. The Kier molecular flexibility index (Phi) is 4.04. The Morgan fingerprint density at radius 2 is 2.21 bits per heavy atom. The van der Waals surface area contributed by atoms with Crippen molar-refractivity contribution in [2.45, 2.75) is 52.2 Å². The van der Waals surface area contributed by atoms with Gasteiger partial charge < -0.3 is 15.2 Å². The second kappa shape index (κ2) is 5.41. The molecule has 2 rings (SSSR count). The van der Waals surface area contributed by atoms with Crippen LogP contribution in [0.25, 0.3) is 0 Å². The lowest BCUT2D eigenvalue weighted by molar-refractivity contribution is 0.0499. The summed E-state index contributed by atoms with van der Waals surface area (Å²) in [5.41, 5.74) is 7.17. The highest BCUT2D eigenvalue weighted by atomic mass is 16.5. The summed E-state index contributed by atoms with van der Waals surface area (Å²) in [5, 5.41) is 0. The van der Waals surface area contributed by atoms with Crippen molar-refractivity contribution in [3.8, 4) is 11.5 Å². The van der Waals surface area contributed by atoms with Crippen molar-refractivity contribution in [2.24, 2.45) is 11.7 Å². The van der Waals surface area contributed by atoms with Crippen LogP contribution < -0.4 is 15.2 Å². The summed E-state index contributed by atoms with van der Waals surface area (Å²) in [5.74, 6) is 2.25. The highest BCUT2D eigenvalue weighted by molar-refractivity contribution is 5.44. The number of ether oxygens (including phenoxy) is 2. The highest BCUT2D eigenvalue weighted by Crippen LogP contribution is 2.41. The van der Waals surface area contributed by atoms with E-state index in [1.807, 2.05) is 18.2 Å². The van der Waals surface area contributed by atoms with E-state index in [1.54, 1.807) is 0 Å². The Morgan fingerprint density at radius 3 is 2.84 bits per heavy atom. The van der Waals surface area contributed by atoms with E-state index >= 15 is 0 Å². The molecule has 0 radical (unpaired) electrons. The van der Waals surface area contributed by atoms with Gasteiger partial charge in [-0.1, -0.05) is 26.8 Å². The van der Waals surface area contributed by atoms with Gasteiger partial charge in [0, 0.05) is 24.1 Å². The molecule has 106 valence electrons. The van der Waals surface area contributed by atoms with E-state index in [0.29, 0.717) is 5.92 Å². The molecule has 0 amide bonds. The lowest BCUT2D eigenvalue weighted by Gasteiger charge is -2.38. The van der Waals surface area contributed by atoms with Gasteiger partial charge in [-0.25, -0.2) is 0 Å². The van der Waals surface area contributed by atoms with Gasteiger partial charge in [-0.3, -0.25) is 0 Å². The molecule has 1 heterocycles. The Bertz CT molecular complexity index is 444. The summed E-state index contributed by atoms with van der Waals surface area (Å²) >= 11 is 0. The molecule has 0 spiro atoms. The van der Waals surface area contributed by atoms with Gasteiger partial charge in [0.1, 0.15) is 17.1 Å². The van der Waals surface area contributed by atoms with Crippen molar-refractivity contribution in [2.75, 3.05) is 6.61 Å². The summed E-state index contributed by atoms with van der Waals surface area (Å²) in [6.07, 6.45) is 1.82. The molecule has 1 aliphatic rings. The van der Waals surface area contributed by atoms with Gasteiger partial charge in [0.25, 0.3) is 0 Å².